The molecule has 0 atom stereocenters. The van der Waals surface area contributed by atoms with Crippen LogP contribution in [0.4, 0.5) is 26.3 Å². The molecule has 0 fully saturated rings. The first-order valence-electron chi connectivity index (χ1n) is 10.1. The van der Waals surface area contributed by atoms with Gasteiger partial charge in [-0.15, -0.1) is 22.7 Å². The van der Waals surface area contributed by atoms with Crippen LogP contribution in [0.5, 0.6) is 0 Å². The van der Waals surface area contributed by atoms with E-state index in [4.69, 9.17) is 0 Å². The molecule has 1 aliphatic carbocycles. The number of nitrogens with zero attached hydrogens (tertiary/aromatic N) is 1. The third-order valence-corrected chi connectivity index (χ3v) is 7.91. The van der Waals surface area contributed by atoms with Crippen LogP contribution in [0.3, 0.4) is 0 Å². The van der Waals surface area contributed by atoms with Gasteiger partial charge < -0.3 is 0 Å². The minimum Gasteiger partial charge on any atom is -0.255 e. The lowest BCUT2D eigenvalue weighted by Gasteiger charge is -2.25. The molecule has 34 heavy (non-hydrogen) atoms. The fraction of sp³-hybridized carbons (Fsp3) is 0.160. The highest BCUT2D eigenvalue weighted by Gasteiger charge is 2.80. The third-order valence-electron chi connectivity index (χ3n) is 5.68. The Kier molecular flexibility index (Phi) is 5.25. The van der Waals surface area contributed by atoms with Gasteiger partial charge in [-0.05, 0) is 48.4 Å². The number of pyridine rings is 1. The molecule has 1 aliphatic rings. The van der Waals surface area contributed by atoms with Gasteiger partial charge in [-0.3, -0.25) is 4.98 Å². The molecule has 5 rings (SSSR count). The van der Waals surface area contributed by atoms with E-state index in [0.29, 0.717) is 21.0 Å². The molecule has 0 N–H and O–H groups in total. The van der Waals surface area contributed by atoms with Crippen molar-refractivity contribution in [2.75, 3.05) is 0 Å². The third kappa shape index (κ3) is 3.25. The SMILES string of the molecule is Cc1sc(-c2ccccc2)cc1C1=C(c2ccc(-c3ccccn3)s2)C(F)(F)C(F)(F)C1(F)F. The molecule has 0 bridgehead atoms. The maximum Gasteiger partial charge on any atom is 0.380 e. The Morgan fingerprint density at radius 3 is 2.00 bits per heavy atom. The van der Waals surface area contributed by atoms with E-state index < -0.39 is 28.9 Å². The van der Waals surface area contributed by atoms with E-state index in [0.717, 1.165) is 22.7 Å². The summed E-state index contributed by atoms with van der Waals surface area (Å²) in [7, 11) is 0. The van der Waals surface area contributed by atoms with Crippen molar-refractivity contribution in [1.82, 2.24) is 4.98 Å². The Balaban J connectivity index is 1.75. The number of thiophene rings is 2. The van der Waals surface area contributed by atoms with Crippen LogP contribution in [-0.4, -0.2) is 22.8 Å². The summed E-state index contributed by atoms with van der Waals surface area (Å²) in [5.74, 6) is -15.7. The summed E-state index contributed by atoms with van der Waals surface area (Å²) in [6.45, 7) is 1.47. The van der Waals surface area contributed by atoms with Crippen molar-refractivity contribution in [3.63, 3.8) is 0 Å². The van der Waals surface area contributed by atoms with Gasteiger partial charge in [0.25, 0.3) is 0 Å². The first kappa shape index (κ1) is 22.9. The monoisotopic (exact) mass is 507 g/mol. The maximum absolute atomic E-state index is 15.1. The molecule has 0 saturated heterocycles. The van der Waals surface area contributed by atoms with Gasteiger partial charge >= 0.3 is 17.8 Å². The molecule has 0 amide bonds. The second-order valence-electron chi connectivity index (χ2n) is 7.80. The molecule has 0 unspecified atom stereocenters. The van der Waals surface area contributed by atoms with Gasteiger partial charge in [-0.25, -0.2) is 0 Å². The van der Waals surface area contributed by atoms with E-state index in [1.54, 1.807) is 48.5 Å². The average Bonchev–Trinajstić information content (AvgIpc) is 3.47. The van der Waals surface area contributed by atoms with Crippen LogP contribution in [0, 0.1) is 6.92 Å². The minimum absolute atomic E-state index is 0.251. The number of alkyl halides is 6. The molecule has 9 heteroatoms. The van der Waals surface area contributed by atoms with Crippen LogP contribution in [0.25, 0.3) is 32.2 Å². The Labute approximate surface area is 199 Å². The number of allylic oxidation sites excluding steroid dienone is 2. The van der Waals surface area contributed by atoms with E-state index in [-0.39, 0.29) is 15.3 Å². The lowest BCUT2D eigenvalue weighted by atomic mass is 9.98. The summed E-state index contributed by atoms with van der Waals surface area (Å²) in [4.78, 5) is 4.96. The number of halogens is 6. The molecule has 4 aromatic rings. The average molecular weight is 508 g/mol. The minimum atomic E-state index is -5.58. The molecule has 3 aromatic heterocycles. The number of rotatable bonds is 4. The predicted molar refractivity (Wildman–Crippen MR) is 124 cm³/mol. The fourth-order valence-corrected chi connectivity index (χ4v) is 6.10. The number of hydrogen-bond donors (Lipinski definition) is 0. The largest absolute Gasteiger partial charge is 0.380 e. The lowest BCUT2D eigenvalue weighted by Crippen LogP contribution is -2.48. The van der Waals surface area contributed by atoms with Crippen molar-refractivity contribution < 1.29 is 26.3 Å². The normalized spacial score (nSPS) is 18.4. The highest BCUT2D eigenvalue weighted by atomic mass is 32.1. The van der Waals surface area contributed by atoms with Crippen LogP contribution in [0.1, 0.15) is 15.3 Å². The van der Waals surface area contributed by atoms with Crippen molar-refractivity contribution in [3.05, 3.63) is 88.2 Å². The summed E-state index contributed by atoms with van der Waals surface area (Å²) in [6, 6.07) is 17.6. The maximum atomic E-state index is 15.1. The number of hydrogen-bond acceptors (Lipinski definition) is 3. The lowest BCUT2D eigenvalue weighted by molar-refractivity contribution is -0.254. The zero-order valence-corrected chi connectivity index (χ0v) is 19.1. The number of aromatic nitrogens is 1. The Hall–Kier alpha value is -2.91. The summed E-state index contributed by atoms with van der Waals surface area (Å²) in [5.41, 5.74) is -1.85. The number of aryl methyl sites for hydroxylation is 1. The highest BCUT2D eigenvalue weighted by Crippen LogP contribution is 2.66. The first-order chi connectivity index (χ1) is 16.1. The Bertz CT molecular complexity index is 1390. The second kappa shape index (κ2) is 7.81. The van der Waals surface area contributed by atoms with Crippen LogP contribution >= 0.6 is 22.7 Å². The first-order valence-corrected chi connectivity index (χ1v) is 11.8. The zero-order chi connectivity index (χ0) is 24.3. The van der Waals surface area contributed by atoms with E-state index >= 15 is 17.6 Å². The Morgan fingerprint density at radius 2 is 1.32 bits per heavy atom. The molecule has 3 heterocycles. The summed E-state index contributed by atoms with van der Waals surface area (Å²) >= 11 is 1.82. The molecular formula is C25H15F6NS2. The van der Waals surface area contributed by atoms with Gasteiger partial charge in [0.2, 0.25) is 0 Å². The van der Waals surface area contributed by atoms with E-state index in [9.17, 15) is 8.78 Å². The van der Waals surface area contributed by atoms with Crippen LogP contribution in [0.15, 0.2) is 72.9 Å². The van der Waals surface area contributed by atoms with E-state index in [1.165, 1.54) is 31.3 Å². The zero-order valence-electron chi connectivity index (χ0n) is 17.5. The van der Waals surface area contributed by atoms with Crippen molar-refractivity contribution in [2.45, 2.75) is 24.7 Å². The molecule has 174 valence electrons. The smallest absolute Gasteiger partial charge is 0.255 e. The van der Waals surface area contributed by atoms with Crippen LogP contribution < -0.4 is 0 Å². The number of benzene rings is 1. The standard InChI is InChI=1S/C25H15F6NS2/c1-14-16(13-20(33-14)15-7-3-2-4-8-15)21-22(24(28,29)25(30,31)23(21,26)27)19-11-10-18(34-19)17-9-5-6-12-32-17/h2-13H,1H3. The fourth-order valence-electron chi connectivity index (χ4n) is 4.00. The van der Waals surface area contributed by atoms with E-state index in [1.807, 2.05) is 0 Å². The predicted octanol–water partition coefficient (Wildman–Crippen LogP) is 8.68. The van der Waals surface area contributed by atoms with Gasteiger partial charge in [0, 0.05) is 26.4 Å². The van der Waals surface area contributed by atoms with Gasteiger partial charge in [0.1, 0.15) is 0 Å². The molecule has 0 aliphatic heterocycles. The molecular weight excluding hydrogens is 492 g/mol. The van der Waals surface area contributed by atoms with Crippen molar-refractivity contribution >= 4 is 33.8 Å². The highest BCUT2D eigenvalue weighted by molar-refractivity contribution is 7.16. The molecule has 1 nitrogen and oxygen atoms in total. The van der Waals surface area contributed by atoms with Crippen molar-refractivity contribution in [3.8, 4) is 21.0 Å². The summed E-state index contributed by atoms with van der Waals surface area (Å²) in [5, 5.41) is 0. The quantitative estimate of drug-likeness (QED) is 0.252. The van der Waals surface area contributed by atoms with Gasteiger partial charge in [0.15, 0.2) is 0 Å². The molecule has 1 aromatic carbocycles. The van der Waals surface area contributed by atoms with Gasteiger partial charge in [-0.1, -0.05) is 36.4 Å². The molecule has 0 saturated carbocycles. The van der Waals surface area contributed by atoms with Crippen molar-refractivity contribution in [2.24, 2.45) is 0 Å². The topological polar surface area (TPSA) is 12.9 Å². The Morgan fingerprint density at radius 1 is 0.676 bits per heavy atom. The summed E-state index contributed by atoms with van der Waals surface area (Å²) in [6.07, 6.45) is 1.49. The van der Waals surface area contributed by atoms with Gasteiger partial charge in [-0.2, -0.15) is 26.3 Å². The second-order valence-corrected chi connectivity index (χ2v) is 10.1. The van der Waals surface area contributed by atoms with E-state index in [2.05, 4.69) is 4.98 Å². The van der Waals surface area contributed by atoms with Crippen molar-refractivity contribution in [1.29, 1.82) is 0 Å². The summed E-state index contributed by atoms with van der Waals surface area (Å²) < 4.78 is 89.7. The van der Waals surface area contributed by atoms with Crippen LogP contribution in [-0.2, 0) is 0 Å². The van der Waals surface area contributed by atoms with Gasteiger partial charge in [0.05, 0.1) is 16.1 Å². The molecule has 0 spiro atoms. The van der Waals surface area contributed by atoms with Crippen LogP contribution in [0.2, 0.25) is 0 Å². The molecule has 0 radical (unpaired) electrons.